The first-order valence-corrected chi connectivity index (χ1v) is 6.71. The van der Waals surface area contributed by atoms with E-state index in [-0.39, 0.29) is 6.61 Å². The SMILES string of the molecule is C#CCOc1ccccc1-c1nc2ccccc2s1. The fraction of sp³-hybridized carbons (Fsp3) is 0.0625. The van der Waals surface area contributed by atoms with E-state index in [1.807, 2.05) is 42.5 Å². The van der Waals surface area contributed by atoms with Crippen LogP contribution >= 0.6 is 11.3 Å². The zero-order valence-corrected chi connectivity index (χ0v) is 11.0. The van der Waals surface area contributed by atoms with Crippen LogP contribution in [0.15, 0.2) is 48.5 Å². The highest BCUT2D eigenvalue weighted by Crippen LogP contribution is 2.35. The first-order chi connectivity index (χ1) is 9.38. The number of hydrogen-bond acceptors (Lipinski definition) is 3. The Morgan fingerprint density at radius 1 is 1.11 bits per heavy atom. The van der Waals surface area contributed by atoms with Gasteiger partial charge in [0.1, 0.15) is 17.4 Å². The summed E-state index contributed by atoms with van der Waals surface area (Å²) in [5, 5.41) is 0.953. The molecule has 0 unspecified atom stereocenters. The highest BCUT2D eigenvalue weighted by molar-refractivity contribution is 7.21. The van der Waals surface area contributed by atoms with Crippen molar-refractivity contribution in [3.8, 4) is 28.7 Å². The number of rotatable bonds is 3. The average Bonchev–Trinajstić information content (AvgIpc) is 2.89. The molecule has 3 heteroatoms. The lowest BCUT2D eigenvalue weighted by molar-refractivity contribution is 0.372. The molecule has 0 radical (unpaired) electrons. The number of terminal acetylenes is 1. The smallest absolute Gasteiger partial charge is 0.148 e. The van der Waals surface area contributed by atoms with Gasteiger partial charge in [-0.15, -0.1) is 17.8 Å². The molecule has 0 bridgehead atoms. The maximum absolute atomic E-state index is 5.57. The first kappa shape index (κ1) is 11.8. The molecule has 0 spiro atoms. The van der Waals surface area contributed by atoms with E-state index in [0.717, 1.165) is 21.8 Å². The van der Waals surface area contributed by atoms with Gasteiger partial charge in [0.2, 0.25) is 0 Å². The summed E-state index contributed by atoms with van der Waals surface area (Å²) in [7, 11) is 0. The Balaban J connectivity index is 2.08. The van der Waals surface area contributed by atoms with E-state index < -0.39 is 0 Å². The van der Waals surface area contributed by atoms with Crippen LogP contribution in [0, 0.1) is 12.3 Å². The lowest BCUT2D eigenvalue weighted by Crippen LogP contribution is -1.95. The van der Waals surface area contributed by atoms with Crippen LogP contribution in [0.4, 0.5) is 0 Å². The second-order valence-corrected chi connectivity index (χ2v) is 5.01. The summed E-state index contributed by atoms with van der Waals surface area (Å²) in [6.45, 7) is 0.266. The second kappa shape index (κ2) is 5.13. The van der Waals surface area contributed by atoms with Crippen LogP contribution in [0.2, 0.25) is 0 Å². The highest BCUT2D eigenvalue weighted by atomic mass is 32.1. The predicted molar refractivity (Wildman–Crippen MR) is 79.4 cm³/mol. The molecular weight excluding hydrogens is 254 g/mol. The summed E-state index contributed by atoms with van der Waals surface area (Å²) >= 11 is 1.66. The molecular formula is C16H11NOS. The van der Waals surface area contributed by atoms with Gasteiger partial charge in [0.05, 0.1) is 15.8 Å². The molecule has 3 rings (SSSR count). The lowest BCUT2D eigenvalue weighted by atomic mass is 10.2. The van der Waals surface area contributed by atoms with Gasteiger partial charge in [0.25, 0.3) is 0 Å². The van der Waals surface area contributed by atoms with Gasteiger partial charge in [0, 0.05) is 0 Å². The number of aromatic nitrogens is 1. The molecule has 0 amide bonds. The summed E-state index contributed by atoms with van der Waals surface area (Å²) in [6, 6.07) is 15.9. The van der Waals surface area contributed by atoms with Crippen molar-refractivity contribution in [1.29, 1.82) is 0 Å². The topological polar surface area (TPSA) is 22.1 Å². The number of thiazole rings is 1. The van der Waals surface area contributed by atoms with Crippen molar-refractivity contribution in [2.24, 2.45) is 0 Å². The minimum atomic E-state index is 0.266. The lowest BCUT2D eigenvalue weighted by Gasteiger charge is -2.06. The summed E-state index contributed by atoms with van der Waals surface area (Å²) < 4.78 is 6.74. The molecule has 0 atom stereocenters. The van der Waals surface area contributed by atoms with Crippen LogP contribution in [0.25, 0.3) is 20.8 Å². The molecule has 0 aliphatic heterocycles. The van der Waals surface area contributed by atoms with Crippen LogP contribution in [-0.4, -0.2) is 11.6 Å². The number of benzene rings is 2. The van der Waals surface area contributed by atoms with Crippen molar-refractivity contribution in [3.05, 3.63) is 48.5 Å². The maximum atomic E-state index is 5.57. The predicted octanol–water partition coefficient (Wildman–Crippen LogP) is 3.98. The maximum Gasteiger partial charge on any atom is 0.148 e. The zero-order chi connectivity index (χ0) is 13.1. The van der Waals surface area contributed by atoms with Gasteiger partial charge in [-0.1, -0.05) is 30.2 Å². The van der Waals surface area contributed by atoms with Crippen molar-refractivity contribution in [2.45, 2.75) is 0 Å². The normalized spacial score (nSPS) is 10.3. The molecule has 3 aromatic rings. The second-order valence-electron chi connectivity index (χ2n) is 3.98. The number of ether oxygens (including phenoxy) is 1. The van der Waals surface area contributed by atoms with Gasteiger partial charge >= 0.3 is 0 Å². The van der Waals surface area contributed by atoms with Crippen molar-refractivity contribution in [3.63, 3.8) is 0 Å². The largest absolute Gasteiger partial charge is 0.480 e. The summed E-state index contributed by atoms with van der Waals surface area (Å²) in [5.74, 6) is 3.26. The molecule has 2 aromatic carbocycles. The average molecular weight is 265 g/mol. The van der Waals surface area contributed by atoms with Gasteiger partial charge in [-0.3, -0.25) is 0 Å². The Hall–Kier alpha value is -2.31. The molecule has 0 N–H and O–H groups in total. The van der Waals surface area contributed by atoms with E-state index >= 15 is 0 Å². The van der Waals surface area contributed by atoms with Crippen LogP contribution < -0.4 is 4.74 Å². The minimum absolute atomic E-state index is 0.266. The highest BCUT2D eigenvalue weighted by Gasteiger charge is 2.10. The molecule has 0 aliphatic rings. The van der Waals surface area contributed by atoms with E-state index in [4.69, 9.17) is 11.2 Å². The summed E-state index contributed by atoms with van der Waals surface area (Å²) in [5.41, 5.74) is 1.99. The molecule has 1 aromatic heterocycles. The third-order valence-electron chi connectivity index (χ3n) is 2.72. The van der Waals surface area contributed by atoms with E-state index in [1.165, 1.54) is 4.70 Å². The summed E-state index contributed by atoms with van der Waals surface area (Å²) in [4.78, 5) is 4.64. The van der Waals surface area contributed by atoms with Crippen LogP contribution in [0.5, 0.6) is 5.75 Å². The number of para-hydroxylation sites is 2. The molecule has 1 heterocycles. The van der Waals surface area contributed by atoms with E-state index in [9.17, 15) is 0 Å². The van der Waals surface area contributed by atoms with Gasteiger partial charge in [-0.2, -0.15) is 0 Å². The number of hydrogen-bond donors (Lipinski definition) is 0. The molecule has 0 saturated heterocycles. The Bertz CT molecular complexity index is 722. The first-order valence-electron chi connectivity index (χ1n) is 5.90. The Morgan fingerprint density at radius 3 is 2.74 bits per heavy atom. The monoisotopic (exact) mass is 265 g/mol. The number of fused-ring (bicyclic) bond motifs is 1. The van der Waals surface area contributed by atoms with E-state index in [0.29, 0.717) is 0 Å². The summed E-state index contributed by atoms with van der Waals surface area (Å²) in [6.07, 6.45) is 5.24. The third kappa shape index (κ3) is 2.31. The zero-order valence-electron chi connectivity index (χ0n) is 10.2. The third-order valence-corrected chi connectivity index (χ3v) is 3.79. The van der Waals surface area contributed by atoms with Crippen LogP contribution in [0.3, 0.4) is 0 Å². The number of nitrogens with zero attached hydrogens (tertiary/aromatic N) is 1. The fourth-order valence-corrected chi connectivity index (χ4v) is 2.87. The molecule has 19 heavy (non-hydrogen) atoms. The van der Waals surface area contributed by atoms with Crippen LogP contribution in [-0.2, 0) is 0 Å². The van der Waals surface area contributed by atoms with E-state index in [1.54, 1.807) is 11.3 Å². The molecule has 2 nitrogen and oxygen atoms in total. The van der Waals surface area contributed by atoms with Gasteiger partial charge in [-0.05, 0) is 24.3 Å². The van der Waals surface area contributed by atoms with Gasteiger partial charge in [0.15, 0.2) is 0 Å². The fourth-order valence-electron chi connectivity index (χ4n) is 1.88. The minimum Gasteiger partial charge on any atom is -0.480 e. The van der Waals surface area contributed by atoms with Crippen molar-refractivity contribution in [1.82, 2.24) is 4.98 Å². The van der Waals surface area contributed by atoms with Crippen molar-refractivity contribution >= 4 is 21.6 Å². The standard InChI is InChI=1S/C16H11NOS/c1-2-11-18-14-9-5-3-7-12(14)16-17-13-8-4-6-10-15(13)19-16/h1,3-10H,11H2. The molecule has 0 fully saturated rings. The van der Waals surface area contributed by atoms with Crippen molar-refractivity contribution in [2.75, 3.05) is 6.61 Å². The quantitative estimate of drug-likeness (QED) is 0.668. The molecule has 0 saturated carbocycles. The van der Waals surface area contributed by atoms with Gasteiger partial charge in [-0.25, -0.2) is 4.98 Å². The Kier molecular flexibility index (Phi) is 3.18. The Morgan fingerprint density at radius 2 is 1.89 bits per heavy atom. The van der Waals surface area contributed by atoms with Crippen molar-refractivity contribution < 1.29 is 4.74 Å². The van der Waals surface area contributed by atoms with Gasteiger partial charge < -0.3 is 4.74 Å². The van der Waals surface area contributed by atoms with E-state index in [2.05, 4.69) is 17.0 Å². The molecule has 92 valence electrons. The molecule has 0 aliphatic carbocycles. The van der Waals surface area contributed by atoms with Crippen LogP contribution in [0.1, 0.15) is 0 Å². The Labute approximate surface area is 115 Å².